The van der Waals surface area contributed by atoms with Crippen LogP contribution >= 0.6 is 11.6 Å². The lowest BCUT2D eigenvalue weighted by molar-refractivity contribution is -0.133. The fraction of sp³-hybridized carbons (Fsp3) is 0.273. The monoisotopic (exact) mass is 410 g/mol. The van der Waals surface area contributed by atoms with Crippen LogP contribution in [0.1, 0.15) is 17.4 Å². The number of rotatable bonds is 4. The predicted octanol–water partition coefficient (Wildman–Crippen LogP) is 3.29. The lowest BCUT2D eigenvalue weighted by Crippen LogP contribution is -2.54. The number of aromatic nitrogens is 1. The molecule has 4 rings (SSSR count). The first-order chi connectivity index (χ1) is 14.0. The lowest BCUT2D eigenvalue weighted by Gasteiger charge is -2.37. The number of nitrogens with one attached hydrogen (secondary N) is 2. The second-order valence-corrected chi connectivity index (χ2v) is 7.69. The van der Waals surface area contributed by atoms with Gasteiger partial charge in [0, 0.05) is 47.8 Å². The van der Waals surface area contributed by atoms with Crippen molar-refractivity contribution in [3.63, 3.8) is 0 Å². The number of halogens is 1. The van der Waals surface area contributed by atoms with Crippen LogP contribution in [-0.2, 0) is 4.79 Å². The van der Waals surface area contributed by atoms with Gasteiger partial charge in [0.15, 0.2) is 0 Å². The first kappa shape index (κ1) is 19.3. The van der Waals surface area contributed by atoms with E-state index in [2.05, 4.69) is 15.2 Å². The van der Waals surface area contributed by atoms with Gasteiger partial charge >= 0.3 is 0 Å². The van der Waals surface area contributed by atoms with Crippen LogP contribution in [0.4, 0.5) is 5.69 Å². The Balaban J connectivity index is 1.34. The topological polar surface area (TPSA) is 68.4 Å². The number of hydrogen-bond donors (Lipinski definition) is 2. The van der Waals surface area contributed by atoms with E-state index in [0.29, 0.717) is 23.8 Å². The normalized spacial score (nSPS) is 15.4. The maximum absolute atomic E-state index is 12.8. The van der Waals surface area contributed by atoms with Crippen LogP contribution in [0.5, 0.6) is 0 Å². The molecule has 1 fully saturated rings. The molecule has 3 aromatic rings. The summed E-state index contributed by atoms with van der Waals surface area (Å²) >= 11 is 6.08. The zero-order valence-corrected chi connectivity index (χ0v) is 16.9. The van der Waals surface area contributed by atoms with Gasteiger partial charge in [-0.2, -0.15) is 0 Å². The van der Waals surface area contributed by atoms with Crippen LogP contribution < -0.4 is 10.2 Å². The number of amides is 2. The number of para-hydroxylation sites is 1. The fourth-order valence-electron chi connectivity index (χ4n) is 3.66. The Hall–Kier alpha value is -2.99. The van der Waals surface area contributed by atoms with Gasteiger partial charge in [0.2, 0.25) is 5.91 Å². The molecule has 1 aliphatic rings. The maximum atomic E-state index is 12.8. The molecule has 1 atom stereocenters. The molecule has 1 saturated heterocycles. The molecule has 0 radical (unpaired) electrons. The van der Waals surface area contributed by atoms with Crippen molar-refractivity contribution in [1.82, 2.24) is 15.2 Å². The van der Waals surface area contributed by atoms with Crippen molar-refractivity contribution < 1.29 is 9.59 Å². The average molecular weight is 411 g/mol. The molecule has 2 amide bonds. The van der Waals surface area contributed by atoms with Crippen molar-refractivity contribution in [1.29, 1.82) is 0 Å². The highest BCUT2D eigenvalue weighted by atomic mass is 35.5. The van der Waals surface area contributed by atoms with Crippen LogP contribution in [0.2, 0.25) is 5.02 Å². The number of hydrogen-bond acceptors (Lipinski definition) is 3. The highest BCUT2D eigenvalue weighted by Crippen LogP contribution is 2.21. The van der Waals surface area contributed by atoms with Gasteiger partial charge < -0.3 is 20.1 Å². The second kappa shape index (κ2) is 8.17. The summed E-state index contributed by atoms with van der Waals surface area (Å²) in [6.07, 6.45) is 0. The zero-order chi connectivity index (χ0) is 20.4. The first-order valence-electron chi connectivity index (χ1n) is 9.69. The van der Waals surface area contributed by atoms with Gasteiger partial charge in [0.05, 0.1) is 0 Å². The third-order valence-electron chi connectivity index (χ3n) is 5.26. The molecule has 0 spiro atoms. The van der Waals surface area contributed by atoms with E-state index in [4.69, 9.17) is 11.6 Å². The van der Waals surface area contributed by atoms with E-state index in [1.807, 2.05) is 48.5 Å². The van der Waals surface area contributed by atoms with Gasteiger partial charge in [0.1, 0.15) is 11.7 Å². The molecule has 0 aliphatic carbocycles. The molecule has 29 heavy (non-hydrogen) atoms. The van der Waals surface area contributed by atoms with Crippen molar-refractivity contribution in [2.24, 2.45) is 0 Å². The highest BCUT2D eigenvalue weighted by Gasteiger charge is 2.26. The van der Waals surface area contributed by atoms with E-state index in [9.17, 15) is 9.59 Å². The maximum Gasteiger partial charge on any atom is 0.268 e. The Labute approximate surface area is 174 Å². The number of carbonyl (C=O) groups is 2. The standard InChI is InChI=1S/C22H23ClN4O2/c1-15(24-21(28)20-13-16-5-2-3-8-19(16)25-20)22(29)27-11-9-26(10-12-27)18-7-4-6-17(23)14-18/h2-8,13-15,25H,9-12H2,1H3,(H,24,28)/t15-/m1/s1. The SMILES string of the molecule is C[C@@H](NC(=O)c1cc2ccccc2[nH]1)C(=O)N1CCN(c2cccc(Cl)c2)CC1. The molecule has 150 valence electrons. The van der Waals surface area contributed by atoms with Gasteiger partial charge in [0.25, 0.3) is 5.91 Å². The van der Waals surface area contributed by atoms with E-state index in [-0.39, 0.29) is 11.8 Å². The molecule has 1 aromatic heterocycles. The van der Waals surface area contributed by atoms with E-state index in [0.717, 1.165) is 29.7 Å². The summed E-state index contributed by atoms with van der Waals surface area (Å²) in [4.78, 5) is 32.5. The minimum atomic E-state index is -0.591. The van der Waals surface area contributed by atoms with Crippen LogP contribution in [0.15, 0.2) is 54.6 Å². The van der Waals surface area contributed by atoms with Crippen LogP contribution in [-0.4, -0.2) is 53.9 Å². The summed E-state index contributed by atoms with van der Waals surface area (Å²) < 4.78 is 0. The average Bonchev–Trinajstić information content (AvgIpc) is 3.18. The quantitative estimate of drug-likeness (QED) is 0.693. The molecule has 0 saturated carbocycles. The highest BCUT2D eigenvalue weighted by molar-refractivity contribution is 6.30. The Kier molecular flexibility index (Phi) is 5.45. The Morgan fingerprint density at radius 3 is 2.52 bits per heavy atom. The number of carbonyl (C=O) groups excluding carboxylic acids is 2. The molecule has 6 nitrogen and oxygen atoms in total. The number of anilines is 1. The lowest BCUT2D eigenvalue weighted by atomic mass is 10.2. The number of fused-ring (bicyclic) bond motifs is 1. The molecule has 2 heterocycles. The molecule has 2 N–H and O–H groups in total. The summed E-state index contributed by atoms with van der Waals surface area (Å²) in [7, 11) is 0. The summed E-state index contributed by atoms with van der Waals surface area (Å²) in [5, 5.41) is 4.48. The van der Waals surface area contributed by atoms with Gasteiger partial charge in [-0.15, -0.1) is 0 Å². The van der Waals surface area contributed by atoms with E-state index < -0.39 is 6.04 Å². The van der Waals surface area contributed by atoms with E-state index in [1.165, 1.54) is 0 Å². The molecule has 2 aromatic carbocycles. The summed E-state index contributed by atoms with van der Waals surface area (Å²) in [5.74, 6) is -0.347. The minimum absolute atomic E-state index is 0.0693. The fourth-order valence-corrected chi connectivity index (χ4v) is 3.85. The van der Waals surface area contributed by atoms with Crippen LogP contribution in [0.25, 0.3) is 10.9 Å². The first-order valence-corrected chi connectivity index (χ1v) is 10.1. The summed E-state index contributed by atoms with van der Waals surface area (Å²) in [6.45, 7) is 4.41. The predicted molar refractivity (Wildman–Crippen MR) is 115 cm³/mol. The van der Waals surface area contributed by atoms with Gasteiger partial charge in [-0.1, -0.05) is 35.9 Å². The van der Waals surface area contributed by atoms with Crippen molar-refractivity contribution in [3.05, 3.63) is 65.3 Å². The molecule has 0 unspecified atom stereocenters. The second-order valence-electron chi connectivity index (χ2n) is 7.26. The molecule has 7 heteroatoms. The van der Waals surface area contributed by atoms with Crippen molar-refractivity contribution >= 4 is 40.0 Å². The third kappa shape index (κ3) is 4.22. The number of H-pyrrole nitrogens is 1. The Morgan fingerprint density at radius 2 is 1.79 bits per heavy atom. The largest absolute Gasteiger partial charge is 0.368 e. The van der Waals surface area contributed by atoms with Crippen molar-refractivity contribution in [2.45, 2.75) is 13.0 Å². The number of aromatic amines is 1. The van der Waals surface area contributed by atoms with Gasteiger partial charge in [-0.25, -0.2) is 0 Å². The molecular formula is C22H23ClN4O2. The molecule has 0 bridgehead atoms. The smallest absolute Gasteiger partial charge is 0.268 e. The van der Waals surface area contributed by atoms with Crippen molar-refractivity contribution in [2.75, 3.05) is 31.1 Å². The molecule has 1 aliphatic heterocycles. The number of nitrogens with zero attached hydrogens (tertiary/aromatic N) is 2. The molecular weight excluding hydrogens is 388 g/mol. The van der Waals surface area contributed by atoms with Crippen LogP contribution in [0, 0.1) is 0 Å². The third-order valence-corrected chi connectivity index (χ3v) is 5.49. The van der Waals surface area contributed by atoms with Gasteiger partial charge in [-0.3, -0.25) is 9.59 Å². The Morgan fingerprint density at radius 1 is 1.03 bits per heavy atom. The summed E-state index contributed by atoms with van der Waals surface area (Å²) in [5.41, 5.74) is 2.41. The van der Waals surface area contributed by atoms with Gasteiger partial charge in [-0.05, 0) is 37.3 Å². The van der Waals surface area contributed by atoms with Crippen LogP contribution in [0.3, 0.4) is 0 Å². The summed E-state index contributed by atoms with van der Waals surface area (Å²) in [6, 6.07) is 16.6. The zero-order valence-electron chi connectivity index (χ0n) is 16.2. The van der Waals surface area contributed by atoms with E-state index in [1.54, 1.807) is 17.9 Å². The Bertz CT molecular complexity index is 1010. The van der Waals surface area contributed by atoms with Crippen molar-refractivity contribution in [3.8, 4) is 0 Å². The van der Waals surface area contributed by atoms with E-state index >= 15 is 0 Å². The number of piperazine rings is 1. The number of benzene rings is 2. The minimum Gasteiger partial charge on any atom is -0.368 e.